The van der Waals surface area contributed by atoms with Gasteiger partial charge in [-0.05, 0) is 35.8 Å². The van der Waals surface area contributed by atoms with Crippen molar-refractivity contribution in [2.24, 2.45) is 0 Å². The Morgan fingerprint density at radius 1 is 1.27 bits per heavy atom. The lowest BCUT2D eigenvalue weighted by Gasteiger charge is -2.22. The van der Waals surface area contributed by atoms with E-state index in [1.165, 1.54) is 0 Å². The Kier molecular flexibility index (Phi) is 4.81. The van der Waals surface area contributed by atoms with Gasteiger partial charge in [-0.2, -0.15) is 0 Å². The van der Waals surface area contributed by atoms with E-state index in [-0.39, 0.29) is 6.03 Å². The van der Waals surface area contributed by atoms with E-state index in [9.17, 15) is 4.79 Å². The van der Waals surface area contributed by atoms with Gasteiger partial charge in [-0.3, -0.25) is 4.90 Å². The van der Waals surface area contributed by atoms with Gasteiger partial charge in [0.15, 0.2) is 5.52 Å². The molecule has 1 saturated heterocycles. The smallest absolute Gasteiger partial charge is 0.321 e. The second-order valence-electron chi connectivity index (χ2n) is 6.34. The average molecular weight is 372 g/mol. The van der Waals surface area contributed by atoms with E-state index in [2.05, 4.69) is 30.9 Å². The molecule has 0 aliphatic carbocycles. The highest BCUT2D eigenvalue weighted by molar-refractivity contribution is 7.09. The molecule has 1 N–H and O–H groups in total. The molecular weight excluding hydrogens is 352 g/mol. The second-order valence-corrected chi connectivity index (χ2v) is 7.40. The summed E-state index contributed by atoms with van der Waals surface area (Å²) in [7, 11) is 0. The largest absolute Gasteiger partial charge is 0.323 e. The zero-order valence-corrected chi connectivity index (χ0v) is 15.3. The van der Waals surface area contributed by atoms with Crippen LogP contribution in [0.25, 0.3) is 11.0 Å². The van der Waals surface area contributed by atoms with Crippen LogP contribution in [0.4, 0.5) is 10.5 Å². The SMILES string of the molecule is Cc1nc(CN2CCCN(C(=O)Nc3cccc4nonc34)CC2)cs1. The minimum absolute atomic E-state index is 0.119. The van der Waals surface area contributed by atoms with E-state index in [0.29, 0.717) is 23.3 Å². The number of benzene rings is 1. The van der Waals surface area contributed by atoms with E-state index in [4.69, 9.17) is 4.63 Å². The van der Waals surface area contributed by atoms with Crippen molar-refractivity contribution in [2.45, 2.75) is 19.9 Å². The molecule has 3 heterocycles. The predicted molar refractivity (Wildman–Crippen MR) is 99.1 cm³/mol. The van der Waals surface area contributed by atoms with Crippen molar-refractivity contribution in [3.63, 3.8) is 0 Å². The fourth-order valence-corrected chi connectivity index (χ4v) is 3.75. The number of rotatable bonds is 3. The first-order chi connectivity index (χ1) is 12.7. The minimum atomic E-state index is -0.119. The van der Waals surface area contributed by atoms with Gasteiger partial charge >= 0.3 is 6.03 Å². The summed E-state index contributed by atoms with van der Waals surface area (Å²) in [6.45, 7) is 6.06. The fraction of sp³-hybridized carbons (Fsp3) is 0.412. The number of aromatic nitrogens is 3. The van der Waals surface area contributed by atoms with Crippen LogP contribution in [0.2, 0.25) is 0 Å². The second kappa shape index (κ2) is 7.38. The van der Waals surface area contributed by atoms with Gasteiger partial charge in [-0.15, -0.1) is 11.3 Å². The zero-order valence-electron chi connectivity index (χ0n) is 14.5. The highest BCUT2D eigenvalue weighted by atomic mass is 32.1. The molecule has 3 aromatic rings. The van der Waals surface area contributed by atoms with Crippen LogP contribution in [0.1, 0.15) is 17.1 Å². The van der Waals surface area contributed by atoms with Gasteiger partial charge in [-0.1, -0.05) is 6.07 Å². The van der Waals surface area contributed by atoms with Crippen molar-refractivity contribution in [1.29, 1.82) is 0 Å². The van der Waals surface area contributed by atoms with Gasteiger partial charge in [0.05, 0.1) is 16.4 Å². The first-order valence-electron chi connectivity index (χ1n) is 8.59. The Labute approximate surface area is 154 Å². The normalized spacial score (nSPS) is 16.0. The summed E-state index contributed by atoms with van der Waals surface area (Å²) in [4.78, 5) is 21.4. The fourth-order valence-electron chi connectivity index (χ4n) is 3.14. The molecule has 136 valence electrons. The predicted octanol–water partition coefficient (Wildman–Crippen LogP) is 2.73. The van der Waals surface area contributed by atoms with Crippen LogP contribution in [-0.4, -0.2) is 57.3 Å². The van der Waals surface area contributed by atoms with Gasteiger partial charge in [0.2, 0.25) is 0 Å². The summed E-state index contributed by atoms with van der Waals surface area (Å²) < 4.78 is 4.75. The Balaban J connectivity index is 1.37. The number of thiazole rings is 1. The lowest BCUT2D eigenvalue weighted by atomic mass is 10.2. The van der Waals surface area contributed by atoms with Gasteiger partial charge in [0.25, 0.3) is 0 Å². The third kappa shape index (κ3) is 3.68. The van der Waals surface area contributed by atoms with Gasteiger partial charge in [-0.25, -0.2) is 14.4 Å². The molecule has 4 rings (SSSR count). The van der Waals surface area contributed by atoms with Crippen molar-refractivity contribution in [1.82, 2.24) is 25.1 Å². The maximum atomic E-state index is 12.7. The molecule has 1 aromatic carbocycles. The number of nitrogens with one attached hydrogen (secondary N) is 1. The zero-order chi connectivity index (χ0) is 17.9. The molecule has 8 nitrogen and oxygen atoms in total. The highest BCUT2D eigenvalue weighted by Gasteiger charge is 2.20. The number of fused-ring (bicyclic) bond motifs is 1. The molecule has 0 spiro atoms. The summed E-state index contributed by atoms with van der Waals surface area (Å²) >= 11 is 1.68. The quantitative estimate of drug-likeness (QED) is 0.761. The lowest BCUT2D eigenvalue weighted by Crippen LogP contribution is -2.38. The number of amides is 2. The maximum Gasteiger partial charge on any atom is 0.321 e. The molecule has 2 amide bonds. The van der Waals surface area contributed by atoms with Crippen molar-refractivity contribution >= 4 is 34.1 Å². The minimum Gasteiger partial charge on any atom is -0.323 e. The van der Waals surface area contributed by atoms with Crippen molar-refractivity contribution < 1.29 is 9.42 Å². The number of urea groups is 1. The molecule has 1 aliphatic rings. The molecule has 1 aliphatic heterocycles. The van der Waals surface area contributed by atoms with E-state index in [0.717, 1.165) is 43.3 Å². The van der Waals surface area contributed by atoms with Crippen molar-refractivity contribution in [3.05, 3.63) is 34.3 Å². The van der Waals surface area contributed by atoms with E-state index < -0.39 is 0 Å². The topological polar surface area (TPSA) is 87.4 Å². The van der Waals surface area contributed by atoms with E-state index in [1.54, 1.807) is 23.5 Å². The van der Waals surface area contributed by atoms with Crippen molar-refractivity contribution in [2.75, 3.05) is 31.5 Å². The molecule has 0 radical (unpaired) electrons. The third-order valence-electron chi connectivity index (χ3n) is 4.46. The van der Waals surface area contributed by atoms with Gasteiger partial charge in [0, 0.05) is 38.1 Å². The van der Waals surface area contributed by atoms with Crippen LogP contribution in [0.15, 0.2) is 28.2 Å². The summed E-state index contributed by atoms with van der Waals surface area (Å²) in [6, 6.07) is 5.30. The first-order valence-corrected chi connectivity index (χ1v) is 9.47. The third-order valence-corrected chi connectivity index (χ3v) is 5.28. The molecule has 0 unspecified atom stereocenters. The number of hydrogen-bond donors (Lipinski definition) is 1. The van der Waals surface area contributed by atoms with Gasteiger partial charge < -0.3 is 10.2 Å². The number of anilines is 1. The Hall–Kier alpha value is -2.52. The van der Waals surface area contributed by atoms with Crippen LogP contribution >= 0.6 is 11.3 Å². The van der Waals surface area contributed by atoms with Crippen LogP contribution < -0.4 is 5.32 Å². The molecule has 0 saturated carbocycles. The monoisotopic (exact) mass is 372 g/mol. The number of carbonyl (C=O) groups is 1. The summed E-state index contributed by atoms with van der Waals surface area (Å²) in [5.74, 6) is 0. The van der Waals surface area contributed by atoms with E-state index in [1.807, 2.05) is 17.9 Å². The molecule has 0 bridgehead atoms. The first kappa shape index (κ1) is 16.9. The molecule has 9 heteroatoms. The highest BCUT2D eigenvalue weighted by Crippen LogP contribution is 2.20. The van der Waals surface area contributed by atoms with Crippen LogP contribution in [-0.2, 0) is 6.54 Å². The van der Waals surface area contributed by atoms with Gasteiger partial charge in [0.1, 0.15) is 5.52 Å². The summed E-state index contributed by atoms with van der Waals surface area (Å²) in [5, 5.41) is 13.8. The maximum absolute atomic E-state index is 12.7. The molecule has 0 atom stereocenters. The summed E-state index contributed by atoms with van der Waals surface area (Å²) in [5.41, 5.74) is 2.92. The van der Waals surface area contributed by atoms with E-state index >= 15 is 0 Å². The Morgan fingerprint density at radius 3 is 3.04 bits per heavy atom. The number of carbonyl (C=O) groups excluding carboxylic acids is 1. The lowest BCUT2D eigenvalue weighted by molar-refractivity contribution is 0.211. The average Bonchev–Trinajstić information content (AvgIpc) is 3.20. The molecular formula is C17H20N6O2S. The standard InChI is InChI=1S/C17H20N6O2S/c1-12-18-13(11-26-12)10-22-6-3-7-23(9-8-22)17(24)19-14-4-2-5-15-16(14)21-25-20-15/h2,4-5,11H,3,6-10H2,1H3,(H,19,24). The Morgan fingerprint density at radius 2 is 2.19 bits per heavy atom. The van der Waals surface area contributed by atoms with Crippen LogP contribution in [0.5, 0.6) is 0 Å². The number of hydrogen-bond acceptors (Lipinski definition) is 7. The molecule has 26 heavy (non-hydrogen) atoms. The van der Waals surface area contributed by atoms with Crippen molar-refractivity contribution in [3.8, 4) is 0 Å². The van der Waals surface area contributed by atoms with Crippen LogP contribution in [0, 0.1) is 6.92 Å². The van der Waals surface area contributed by atoms with Crippen LogP contribution in [0.3, 0.4) is 0 Å². The molecule has 1 fully saturated rings. The number of aryl methyl sites for hydroxylation is 1. The summed E-state index contributed by atoms with van der Waals surface area (Å²) in [6.07, 6.45) is 0.937. The number of nitrogens with zero attached hydrogens (tertiary/aromatic N) is 5. The molecule has 2 aromatic heterocycles. The Bertz CT molecular complexity index is 907.